The van der Waals surface area contributed by atoms with E-state index in [4.69, 9.17) is 4.74 Å². The first-order valence-corrected chi connectivity index (χ1v) is 7.98. The molecule has 3 heterocycles. The zero-order valence-electron chi connectivity index (χ0n) is 13.0. The number of hydrogen-bond donors (Lipinski definition) is 1. The molecule has 21 heavy (non-hydrogen) atoms. The van der Waals surface area contributed by atoms with Crippen LogP contribution < -0.4 is 5.32 Å². The van der Waals surface area contributed by atoms with Gasteiger partial charge < -0.3 is 15.0 Å². The van der Waals surface area contributed by atoms with Gasteiger partial charge in [0.15, 0.2) is 0 Å². The molecular formula is C15H28ClN3O2. The summed E-state index contributed by atoms with van der Waals surface area (Å²) in [6.07, 6.45) is 4.79. The van der Waals surface area contributed by atoms with Crippen LogP contribution in [0.5, 0.6) is 0 Å². The van der Waals surface area contributed by atoms with E-state index in [1.54, 1.807) is 7.11 Å². The monoisotopic (exact) mass is 317 g/mol. The van der Waals surface area contributed by atoms with Gasteiger partial charge in [-0.15, -0.1) is 12.4 Å². The Hall–Kier alpha value is -0.360. The Morgan fingerprint density at radius 2 is 2.19 bits per heavy atom. The zero-order chi connectivity index (χ0) is 14.0. The van der Waals surface area contributed by atoms with E-state index in [9.17, 15) is 4.79 Å². The van der Waals surface area contributed by atoms with Crippen LogP contribution in [0.2, 0.25) is 0 Å². The van der Waals surface area contributed by atoms with Crippen molar-refractivity contribution in [3.63, 3.8) is 0 Å². The van der Waals surface area contributed by atoms with Crippen molar-refractivity contribution in [2.45, 2.75) is 31.7 Å². The number of halogens is 1. The van der Waals surface area contributed by atoms with Gasteiger partial charge in [-0.25, -0.2) is 0 Å². The van der Waals surface area contributed by atoms with Gasteiger partial charge in [0.2, 0.25) is 5.91 Å². The van der Waals surface area contributed by atoms with Crippen LogP contribution in [0.15, 0.2) is 0 Å². The van der Waals surface area contributed by atoms with E-state index in [1.807, 2.05) is 0 Å². The minimum Gasteiger partial charge on any atom is -0.384 e. The Labute approximate surface area is 133 Å². The van der Waals surface area contributed by atoms with Crippen LogP contribution in [0.4, 0.5) is 0 Å². The molecule has 2 atom stereocenters. The average molecular weight is 318 g/mol. The number of carbonyl (C=O) groups is 1. The van der Waals surface area contributed by atoms with Crippen molar-refractivity contribution in [1.29, 1.82) is 0 Å². The number of rotatable bonds is 3. The summed E-state index contributed by atoms with van der Waals surface area (Å²) in [7, 11) is 1.70. The highest BCUT2D eigenvalue weighted by Gasteiger charge is 2.45. The quantitative estimate of drug-likeness (QED) is 0.833. The van der Waals surface area contributed by atoms with Crippen molar-refractivity contribution >= 4 is 18.3 Å². The maximum Gasteiger partial charge on any atom is 0.232 e. The Kier molecular flexibility index (Phi) is 5.88. The Morgan fingerprint density at radius 1 is 1.33 bits per heavy atom. The van der Waals surface area contributed by atoms with Crippen LogP contribution >= 0.6 is 12.4 Å². The number of piperidine rings is 1. The van der Waals surface area contributed by atoms with Crippen LogP contribution in [0.1, 0.15) is 25.7 Å². The number of amides is 1. The van der Waals surface area contributed by atoms with Gasteiger partial charge in [-0.1, -0.05) is 6.42 Å². The number of piperazine rings is 1. The third kappa shape index (κ3) is 3.36. The lowest BCUT2D eigenvalue weighted by atomic mass is 9.85. The molecule has 122 valence electrons. The van der Waals surface area contributed by atoms with E-state index in [0.29, 0.717) is 18.6 Å². The van der Waals surface area contributed by atoms with Crippen molar-refractivity contribution in [2.24, 2.45) is 5.41 Å². The topological polar surface area (TPSA) is 44.8 Å². The number of nitrogens with zero attached hydrogens (tertiary/aromatic N) is 2. The highest BCUT2D eigenvalue weighted by Crippen LogP contribution is 2.30. The molecule has 0 aromatic carbocycles. The largest absolute Gasteiger partial charge is 0.384 e. The fraction of sp³-hybridized carbons (Fsp3) is 0.933. The SMILES string of the molecule is COCC1(C(=O)N2CCN3CCCCC3C2)CCNC1.Cl. The highest BCUT2D eigenvalue weighted by molar-refractivity contribution is 5.85. The number of carbonyl (C=O) groups excluding carboxylic acids is 1. The number of methoxy groups -OCH3 is 1. The predicted octanol–water partition coefficient (Wildman–Crippen LogP) is 0.731. The standard InChI is InChI=1S/C15H27N3O2.ClH/c1-20-12-15(5-6-16-11-15)14(19)18-9-8-17-7-3-2-4-13(17)10-18;/h13,16H,2-12H2,1H3;1H. The van der Waals surface area contributed by atoms with Crippen molar-refractivity contribution in [1.82, 2.24) is 15.1 Å². The normalized spacial score (nSPS) is 33.4. The smallest absolute Gasteiger partial charge is 0.232 e. The summed E-state index contributed by atoms with van der Waals surface area (Å²) in [4.78, 5) is 17.7. The molecule has 3 aliphatic rings. The van der Waals surface area contributed by atoms with E-state index in [-0.39, 0.29) is 17.8 Å². The number of hydrogen-bond acceptors (Lipinski definition) is 4. The molecule has 0 aromatic heterocycles. The molecule has 0 spiro atoms. The molecule has 1 amide bonds. The first kappa shape index (κ1) is 17.0. The molecule has 0 saturated carbocycles. The second-order valence-corrected chi connectivity index (χ2v) is 6.58. The van der Waals surface area contributed by atoms with Gasteiger partial charge in [0.1, 0.15) is 0 Å². The number of fused-ring (bicyclic) bond motifs is 1. The molecule has 0 aromatic rings. The van der Waals surface area contributed by atoms with Crippen LogP contribution in [-0.4, -0.2) is 74.7 Å². The molecule has 6 heteroatoms. The first-order valence-electron chi connectivity index (χ1n) is 7.98. The minimum atomic E-state index is -0.314. The molecule has 3 fully saturated rings. The van der Waals surface area contributed by atoms with Crippen molar-refractivity contribution in [3.05, 3.63) is 0 Å². The minimum absolute atomic E-state index is 0. The lowest BCUT2D eigenvalue weighted by molar-refractivity contribution is -0.147. The maximum absolute atomic E-state index is 13.0. The molecule has 0 radical (unpaired) electrons. The van der Waals surface area contributed by atoms with E-state index in [0.717, 1.165) is 39.1 Å². The first-order chi connectivity index (χ1) is 9.75. The Bertz CT molecular complexity index is 361. The summed E-state index contributed by atoms with van der Waals surface area (Å²) in [6.45, 7) is 6.32. The molecule has 2 unspecified atom stereocenters. The lowest BCUT2D eigenvalue weighted by Crippen LogP contribution is -2.59. The number of ether oxygens (including phenoxy) is 1. The number of nitrogens with one attached hydrogen (secondary N) is 1. The highest BCUT2D eigenvalue weighted by atomic mass is 35.5. The summed E-state index contributed by atoms with van der Waals surface area (Å²) < 4.78 is 5.35. The second kappa shape index (κ2) is 7.27. The molecule has 3 saturated heterocycles. The molecular weight excluding hydrogens is 290 g/mol. The summed E-state index contributed by atoms with van der Waals surface area (Å²) in [5, 5.41) is 3.34. The van der Waals surface area contributed by atoms with Crippen LogP contribution in [-0.2, 0) is 9.53 Å². The van der Waals surface area contributed by atoms with Crippen LogP contribution in [0.3, 0.4) is 0 Å². The molecule has 3 aliphatic heterocycles. The van der Waals surface area contributed by atoms with E-state index in [2.05, 4.69) is 15.1 Å². The summed E-state index contributed by atoms with van der Waals surface area (Å²) >= 11 is 0. The zero-order valence-corrected chi connectivity index (χ0v) is 13.8. The summed E-state index contributed by atoms with van der Waals surface area (Å²) in [5.41, 5.74) is -0.314. The van der Waals surface area contributed by atoms with Gasteiger partial charge in [-0.05, 0) is 32.4 Å². The lowest BCUT2D eigenvalue weighted by Gasteiger charge is -2.46. The summed E-state index contributed by atoms with van der Waals surface area (Å²) in [6, 6.07) is 0.593. The van der Waals surface area contributed by atoms with Gasteiger partial charge >= 0.3 is 0 Å². The maximum atomic E-state index is 13.0. The van der Waals surface area contributed by atoms with Gasteiger partial charge in [-0.2, -0.15) is 0 Å². The molecule has 0 aliphatic carbocycles. The Morgan fingerprint density at radius 3 is 2.90 bits per heavy atom. The molecule has 5 nitrogen and oxygen atoms in total. The van der Waals surface area contributed by atoms with Gasteiger partial charge in [0, 0.05) is 39.3 Å². The van der Waals surface area contributed by atoms with Crippen molar-refractivity contribution < 1.29 is 9.53 Å². The molecule has 0 bridgehead atoms. The van der Waals surface area contributed by atoms with Crippen LogP contribution in [0, 0.1) is 5.41 Å². The molecule has 1 N–H and O–H groups in total. The van der Waals surface area contributed by atoms with Gasteiger partial charge in [0.25, 0.3) is 0 Å². The predicted molar refractivity (Wildman–Crippen MR) is 84.8 cm³/mol. The average Bonchev–Trinajstić information content (AvgIpc) is 2.96. The van der Waals surface area contributed by atoms with E-state index >= 15 is 0 Å². The fourth-order valence-electron chi connectivity index (χ4n) is 4.06. The summed E-state index contributed by atoms with van der Waals surface area (Å²) in [5.74, 6) is 0.314. The second-order valence-electron chi connectivity index (χ2n) is 6.58. The van der Waals surface area contributed by atoms with Crippen LogP contribution in [0.25, 0.3) is 0 Å². The third-order valence-electron chi connectivity index (χ3n) is 5.24. The molecule has 3 rings (SSSR count). The fourth-order valence-corrected chi connectivity index (χ4v) is 4.06. The van der Waals surface area contributed by atoms with Gasteiger partial charge in [0.05, 0.1) is 12.0 Å². The van der Waals surface area contributed by atoms with Crippen molar-refractivity contribution in [3.8, 4) is 0 Å². The van der Waals surface area contributed by atoms with E-state index < -0.39 is 0 Å². The van der Waals surface area contributed by atoms with E-state index in [1.165, 1.54) is 25.8 Å². The Balaban J connectivity index is 0.00000161. The third-order valence-corrected chi connectivity index (χ3v) is 5.24. The van der Waals surface area contributed by atoms with Crippen molar-refractivity contribution in [2.75, 3.05) is 53.0 Å². The van der Waals surface area contributed by atoms with Gasteiger partial charge in [-0.3, -0.25) is 9.69 Å².